The molecule has 0 amide bonds. The van der Waals surface area contributed by atoms with Crippen LogP contribution in [0.15, 0.2) is 65.7 Å². The van der Waals surface area contributed by atoms with Gasteiger partial charge < -0.3 is 4.57 Å². The molecular weight excluding hydrogens is 338 g/mol. The first-order chi connectivity index (χ1) is 11.6. The molecule has 5 nitrogen and oxygen atoms in total. The standard InChI is InChI=1S/C19H17N3O2.ClH/c1-21-18(13-16-8-2-3-10-19(16)21)14-20-11-5-7-15-6-4-9-17(12-15)22(23)24;/h2-10,12-14H,11H2,1H3;1H/b7-5+,20-14?;. The minimum Gasteiger partial charge on any atom is -0.343 e. The van der Waals surface area contributed by atoms with Gasteiger partial charge in [-0.15, -0.1) is 12.4 Å². The number of rotatable bonds is 5. The van der Waals surface area contributed by atoms with Crippen LogP contribution in [0.2, 0.25) is 0 Å². The first kappa shape index (κ1) is 18.4. The molecule has 0 radical (unpaired) electrons. The Bertz CT molecular complexity index is 945. The van der Waals surface area contributed by atoms with Gasteiger partial charge in [-0.05, 0) is 17.7 Å². The molecule has 128 valence electrons. The third-order valence-electron chi connectivity index (χ3n) is 3.81. The SMILES string of the molecule is Cl.Cn1c(C=NC/C=C/c2cccc([N+](=O)[O-])c2)cc2ccccc21. The lowest BCUT2D eigenvalue weighted by Crippen LogP contribution is -1.94. The van der Waals surface area contributed by atoms with Crippen LogP contribution in [-0.4, -0.2) is 22.2 Å². The summed E-state index contributed by atoms with van der Waals surface area (Å²) in [6, 6.07) is 16.8. The molecule has 0 N–H and O–H groups in total. The summed E-state index contributed by atoms with van der Waals surface area (Å²) in [4.78, 5) is 14.8. The third-order valence-corrected chi connectivity index (χ3v) is 3.81. The second-order valence-corrected chi connectivity index (χ2v) is 5.44. The Morgan fingerprint density at radius 3 is 2.72 bits per heavy atom. The Labute approximate surface area is 151 Å². The molecule has 3 aromatic rings. The Morgan fingerprint density at radius 1 is 1.16 bits per heavy atom. The number of nitrogens with zero attached hydrogens (tertiary/aromatic N) is 3. The van der Waals surface area contributed by atoms with Crippen LogP contribution in [0.5, 0.6) is 0 Å². The Hall–Kier alpha value is -2.92. The van der Waals surface area contributed by atoms with E-state index >= 15 is 0 Å². The molecule has 0 aliphatic heterocycles. The lowest BCUT2D eigenvalue weighted by Gasteiger charge is -1.98. The predicted molar refractivity (Wildman–Crippen MR) is 105 cm³/mol. The van der Waals surface area contributed by atoms with Crippen molar-refractivity contribution in [3.63, 3.8) is 0 Å². The number of fused-ring (bicyclic) bond motifs is 1. The summed E-state index contributed by atoms with van der Waals surface area (Å²) in [5.41, 5.74) is 3.10. The van der Waals surface area contributed by atoms with E-state index in [9.17, 15) is 10.1 Å². The molecule has 0 bridgehead atoms. The lowest BCUT2D eigenvalue weighted by molar-refractivity contribution is -0.384. The van der Waals surface area contributed by atoms with E-state index in [2.05, 4.69) is 27.8 Å². The van der Waals surface area contributed by atoms with Gasteiger partial charge in [0.15, 0.2) is 0 Å². The molecule has 1 aromatic heterocycles. The molecular formula is C19H18ClN3O2. The second kappa shape index (κ2) is 8.26. The second-order valence-electron chi connectivity index (χ2n) is 5.44. The number of para-hydroxylation sites is 1. The van der Waals surface area contributed by atoms with Crippen LogP contribution in [0.1, 0.15) is 11.3 Å². The molecule has 0 saturated heterocycles. The average Bonchev–Trinajstić information content (AvgIpc) is 2.91. The first-order valence-electron chi connectivity index (χ1n) is 7.60. The van der Waals surface area contributed by atoms with Gasteiger partial charge in [-0.3, -0.25) is 15.1 Å². The van der Waals surface area contributed by atoms with Crippen LogP contribution in [0.4, 0.5) is 5.69 Å². The number of aromatic nitrogens is 1. The van der Waals surface area contributed by atoms with Gasteiger partial charge in [-0.25, -0.2) is 0 Å². The highest BCUT2D eigenvalue weighted by atomic mass is 35.5. The van der Waals surface area contributed by atoms with Crippen molar-refractivity contribution in [1.82, 2.24) is 4.57 Å². The van der Waals surface area contributed by atoms with Gasteiger partial charge in [-0.2, -0.15) is 0 Å². The predicted octanol–water partition coefficient (Wildman–Crippen LogP) is 4.64. The molecule has 1 heterocycles. The summed E-state index contributed by atoms with van der Waals surface area (Å²) in [6.45, 7) is 0.518. The quantitative estimate of drug-likeness (QED) is 0.380. The normalized spacial score (nSPS) is 11.2. The highest BCUT2D eigenvalue weighted by Crippen LogP contribution is 2.17. The third kappa shape index (κ3) is 4.33. The maximum atomic E-state index is 10.7. The summed E-state index contributed by atoms with van der Waals surface area (Å²) in [5, 5.41) is 11.9. The van der Waals surface area contributed by atoms with E-state index in [0.717, 1.165) is 11.3 Å². The summed E-state index contributed by atoms with van der Waals surface area (Å²) >= 11 is 0. The molecule has 0 aliphatic carbocycles. The van der Waals surface area contributed by atoms with Crippen molar-refractivity contribution in [2.75, 3.05) is 6.54 Å². The maximum absolute atomic E-state index is 10.7. The Balaban J connectivity index is 0.00000225. The fraction of sp³-hybridized carbons (Fsp3) is 0.105. The number of benzene rings is 2. The van der Waals surface area contributed by atoms with Gasteiger partial charge in [0.1, 0.15) is 0 Å². The molecule has 0 atom stereocenters. The van der Waals surface area contributed by atoms with Crippen molar-refractivity contribution in [1.29, 1.82) is 0 Å². The average molecular weight is 356 g/mol. The van der Waals surface area contributed by atoms with Crippen LogP contribution >= 0.6 is 12.4 Å². The molecule has 0 aliphatic rings. The van der Waals surface area contributed by atoms with Gasteiger partial charge in [0.25, 0.3) is 5.69 Å². The molecule has 0 saturated carbocycles. The van der Waals surface area contributed by atoms with E-state index in [4.69, 9.17) is 0 Å². The number of aliphatic imine (C=N–C) groups is 1. The van der Waals surface area contributed by atoms with Crippen LogP contribution in [0, 0.1) is 10.1 Å². The van der Waals surface area contributed by atoms with Crippen LogP contribution in [0.25, 0.3) is 17.0 Å². The van der Waals surface area contributed by atoms with Crippen molar-refractivity contribution in [3.05, 3.63) is 82.0 Å². The van der Waals surface area contributed by atoms with Gasteiger partial charge >= 0.3 is 0 Å². The summed E-state index contributed by atoms with van der Waals surface area (Å²) in [7, 11) is 2.02. The number of nitro benzene ring substituents is 1. The highest BCUT2D eigenvalue weighted by Gasteiger charge is 2.03. The molecule has 25 heavy (non-hydrogen) atoms. The van der Waals surface area contributed by atoms with E-state index in [0.29, 0.717) is 6.54 Å². The fourth-order valence-electron chi connectivity index (χ4n) is 2.57. The molecule has 6 heteroatoms. The maximum Gasteiger partial charge on any atom is 0.270 e. The van der Waals surface area contributed by atoms with Crippen LogP contribution < -0.4 is 0 Å². The zero-order valence-electron chi connectivity index (χ0n) is 13.7. The van der Waals surface area contributed by atoms with Gasteiger partial charge in [0.05, 0.1) is 17.2 Å². The minimum atomic E-state index is -0.393. The van der Waals surface area contributed by atoms with Gasteiger partial charge in [-0.1, -0.05) is 42.5 Å². The van der Waals surface area contributed by atoms with E-state index in [1.54, 1.807) is 12.1 Å². The highest BCUT2D eigenvalue weighted by molar-refractivity contribution is 5.90. The van der Waals surface area contributed by atoms with Gasteiger partial charge in [0, 0.05) is 36.3 Å². The Morgan fingerprint density at radius 2 is 1.96 bits per heavy atom. The van der Waals surface area contributed by atoms with Crippen molar-refractivity contribution in [2.24, 2.45) is 12.0 Å². The molecule has 3 rings (SSSR count). The van der Waals surface area contributed by atoms with Crippen LogP contribution in [0.3, 0.4) is 0 Å². The van der Waals surface area contributed by atoms with Crippen molar-refractivity contribution in [2.45, 2.75) is 0 Å². The minimum absolute atomic E-state index is 0. The van der Waals surface area contributed by atoms with E-state index < -0.39 is 4.92 Å². The molecule has 0 spiro atoms. The number of hydrogen-bond acceptors (Lipinski definition) is 3. The zero-order valence-corrected chi connectivity index (χ0v) is 14.5. The Kier molecular flexibility index (Phi) is 6.08. The summed E-state index contributed by atoms with van der Waals surface area (Å²) < 4.78 is 2.10. The van der Waals surface area contributed by atoms with Crippen molar-refractivity contribution >= 4 is 41.3 Å². The first-order valence-corrected chi connectivity index (χ1v) is 7.60. The smallest absolute Gasteiger partial charge is 0.270 e. The number of hydrogen-bond donors (Lipinski definition) is 0. The van der Waals surface area contributed by atoms with Crippen molar-refractivity contribution < 1.29 is 4.92 Å². The van der Waals surface area contributed by atoms with Crippen LogP contribution in [-0.2, 0) is 7.05 Å². The fourth-order valence-corrected chi connectivity index (χ4v) is 2.57. The van der Waals surface area contributed by atoms with E-state index in [-0.39, 0.29) is 18.1 Å². The largest absolute Gasteiger partial charge is 0.343 e. The molecule has 0 unspecified atom stereocenters. The lowest BCUT2D eigenvalue weighted by atomic mass is 10.2. The number of halogens is 1. The number of aryl methyl sites for hydroxylation is 1. The number of nitro groups is 1. The van der Waals surface area contributed by atoms with Gasteiger partial charge in [0.2, 0.25) is 0 Å². The van der Waals surface area contributed by atoms with E-state index in [1.165, 1.54) is 17.0 Å². The topological polar surface area (TPSA) is 60.4 Å². The molecule has 0 fully saturated rings. The zero-order chi connectivity index (χ0) is 16.9. The molecule has 2 aromatic carbocycles. The summed E-state index contributed by atoms with van der Waals surface area (Å²) in [6.07, 6.45) is 5.57. The van der Waals surface area contributed by atoms with Crippen molar-refractivity contribution in [3.8, 4) is 0 Å². The number of non-ortho nitro benzene ring substituents is 1. The van der Waals surface area contributed by atoms with E-state index in [1.807, 2.05) is 43.6 Å². The summed E-state index contributed by atoms with van der Waals surface area (Å²) in [5.74, 6) is 0. The monoisotopic (exact) mass is 355 g/mol.